The minimum absolute atomic E-state index is 0.0803. The first-order valence-corrected chi connectivity index (χ1v) is 17.2. The second-order valence-electron chi connectivity index (χ2n) is 15.8. The number of nitrogens with zero attached hydrogens (tertiary/aromatic N) is 3. The molecule has 1 N–H and O–H groups in total. The van der Waals surface area contributed by atoms with Crippen molar-refractivity contribution >= 4 is 11.0 Å². The van der Waals surface area contributed by atoms with Crippen molar-refractivity contribution in [3.05, 3.63) is 119 Å². The second-order valence-corrected chi connectivity index (χ2v) is 15.8. The third-order valence-corrected chi connectivity index (χ3v) is 9.41. The van der Waals surface area contributed by atoms with Gasteiger partial charge in [-0.15, -0.1) is 0 Å². The minimum Gasteiger partial charge on any atom is -0.507 e. The van der Waals surface area contributed by atoms with Crippen LogP contribution in [0.5, 0.6) is 5.75 Å². The van der Waals surface area contributed by atoms with Gasteiger partial charge >= 0.3 is 0 Å². The van der Waals surface area contributed by atoms with E-state index >= 15 is 0 Å². The summed E-state index contributed by atoms with van der Waals surface area (Å²) in [4.78, 5) is 10.2. The maximum Gasteiger partial charge on any atom is 0.149 e. The lowest BCUT2D eigenvalue weighted by atomic mass is 9.82. The van der Waals surface area contributed by atoms with Crippen LogP contribution in [0.1, 0.15) is 103 Å². The molecule has 0 atom stereocenters. The summed E-state index contributed by atoms with van der Waals surface area (Å²) < 4.78 is 2.33. The molecule has 0 aliphatic heterocycles. The van der Waals surface area contributed by atoms with Crippen molar-refractivity contribution in [3.63, 3.8) is 0 Å². The van der Waals surface area contributed by atoms with Crippen molar-refractivity contribution in [3.8, 4) is 45.2 Å². The van der Waals surface area contributed by atoms with E-state index in [0.29, 0.717) is 5.56 Å². The number of aromatic hydroxyl groups is 1. The molecule has 4 nitrogen and oxygen atoms in total. The van der Waals surface area contributed by atoms with E-state index in [1.165, 1.54) is 22.3 Å². The normalized spacial score (nSPS) is 12.4. The monoisotopic (exact) mass is 635 g/mol. The SMILES string of the molecule is CC(C)c1cccc(C(C)C)c1-n1c(-c2ccccc2O)nc2c(-c3cc(-c4ccccn4)cc(C(C)(C)C)c3)cc(C(C)(C)C)cc21. The molecule has 0 amide bonds. The number of hydrogen-bond donors (Lipinski definition) is 1. The Bertz CT molecular complexity index is 2080. The zero-order valence-corrected chi connectivity index (χ0v) is 30.2. The fourth-order valence-electron chi connectivity index (χ4n) is 6.57. The van der Waals surface area contributed by atoms with E-state index in [9.17, 15) is 5.11 Å². The summed E-state index contributed by atoms with van der Waals surface area (Å²) in [6, 6.07) is 31.8. The number of phenolic OH excluding ortho intramolecular Hbond substituents is 1. The van der Waals surface area contributed by atoms with Crippen molar-refractivity contribution in [2.45, 2.75) is 91.9 Å². The molecular weight excluding hydrogens is 587 g/mol. The molecular formula is C44H49N3O. The predicted octanol–water partition coefficient (Wildman–Crippen LogP) is 12.0. The topological polar surface area (TPSA) is 50.9 Å². The van der Waals surface area contributed by atoms with Gasteiger partial charge in [0.2, 0.25) is 0 Å². The standard InChI is InChI=1S/C44H49N3O/c1-27(2)33-17-15-18-34(28(3)4)41(33)47-38-26-32(44(8,9)10)25-36(40(38)46-42(47)35-16-11-12-20-39(35)48)29-22-30(37-19-13-14-21-45-37)24-31(23-29)43(5,6)7/h11-28,48H,1-10H3. The highest BCUT2D eigenvalue weighted by atomic mass is 16.3. The summed E-state index contributed by atoms with van der Waals surface area (Å²) in [6.45, 7) is 22.6. The zero-order valence-electron chi connectivity index (χ0n) is 30.2. The molecule has 0 saturated heterocycles. The molecule has 0 fully saturated rings. The molecule has 0 unspecified atom stereocenters. The lowest BCUT2D eigenvalue weighted by Gasteiger charge is -2.25. The number of phenols is 1. The van der Waals surface area contributed by atoms with Gasteiger partial charge in [-0.05, 0) is 99.0 Å². The molecule has 0 bridgehead atoms. The molecule has 2 heterocycles. The van der Waals surface area contributed by atoms with E-state index < -0.39 is 0 Å². The molecule has 2 aromatic heterocycles. The summed E-state index contributed by atoms with van der Waals surface area (Å²) >= 11 is 0. The van der Waals surface area contributed by atoms with Crippen LogP contribution in [-0.2, 0) is 10.8 Å². The molecule has 0 radical (unpaired) electrons. The first-order valence-electron chi connectivity index (χ1n) is 17.2. The highest BCUT2D eigenvalue weighted by Crippen LogP contribution is 2.44. The van der Waals surface area contributed by atoms with E-state index in [4.69, 9.17) is 9.97 Å². The van der Waals surface area contributed by atoms with Crippen LogP contribution >= 0.6 is 0 Å². The lowest BCUT2D eigenvalue weighted by Crippen LogP contribution is -2.13. The molecule has 4 heteroatoms. The van der Waals surface area contributed by atoms with Gasteiger partial charge in [-0.3, -0.25) is 9.55 Å². The van der Waals surface area contributed by atoms with Gasteiger partial charge in [-0.1, -0.05) is 112 Å². The molecule has 0 spiro atoms. The Hall–Kier alpha value is -4.70. The number of benzene rings is 4. The van der Waals surface area contributed by atoms with Gasteiger partial charge in [0.25, 0.3) is 0 Å². The average Bonchev–Trinajstić information content (AvgIpc) is 3.42. The summed E-state index contributed by atoms with van der Waals surface area (Å²) in [5.41, 5.74) is 12.8. The minimum atomic E-state index is -0.128. The average molecular weight is 636 g/mol. The van der Waals surface area contributed by atoms with Crippen LogP contribution < -0.4 is 0 Å². The van der Waals surface area contributed by atoms with Gasteiger partial charge in [-0.2, -0.15) is 0 Å². The molecule has 0 aliphatic carbocycles. The Morgan fingerprint density at radius 3 is 1.81 bits per heavy atom. The number of pyridine rings is 1. The Morgan fingerprint density at radius 2 is 1.23 bits per heavy atom. The van der Waals surface area contributed by atoms with Crippen LogP contribution in [-0.4, -0.2) is 19.6 Å². The van der Waals surface area contributed by atoms with Gasteiger partial charge in [0.05, 0.1) is 28.0 Å². The maximum atomic E-state index is 11.3. The molecule has 48 heavy (non-hydrogen) atoms. The molecule has 4 aromatic carbocycles. The predicted molar refractivity (Wildman–Crippen MR) is 202 cm³/mol. The molecule has 246 valence electrons. The number of fused-ring (bicyclic) bond motifs is 1. The van der Waals surface area contributed by atoms with Crippen LogP contribution in [0, 0.1) is 0 Å². The first kappa shape index (κ1) is 33.2. The van der Waals surface area contributed by atoms with Crippen LogP contribution in [0.4, 0.5) is 0 Å². The first-order chi connectivity index (χ1) is 22.6. The van der Waals surface area contributed by atoms with Gasteiger partial charge in [0.15, 0.2) is 0 Å². The van der Waals surface area contributed by atoms with Crippen molar-refractivity contribution in [1.82, 2.24) is 14.5 Å². The van der Waals surface area contributed by atoms with Gasteiger partial charge in [-0.25, -0.2) is 4.98 Å². The Kier molecular flexibility index (Phi) is 8.57. The number of imidazole rings is 1. The van der Waals surface area contributed by atoms with Crippen molar-refractivity contribution < 1.29 is 5.11 Å². The maximum absolute atomic E-state index is 11.3. The zero-order chi connectivity index (χ0) is 34.5. The summed E-state index contributed by atoms with van der Waals surface area (Å²) in [5.74, 6) is 1.51. The van der Waals surface area contributed by atoms with Gasteiger partial charge in [0.1, 0.15) is 11.6 Å². The smallest absolute Gasteiger partial charge is 0.149 e. The van der Waals surface area contributed by atoms with E-state index in [1.807, 2.05) is 36.5 Å². The Morgan fingerprint density at radius 1 is 0.625 bits per heavy atom. The highest BCUT2D eigenvalue weighted by Gasteiger charge is 2.27. The van der Waals surface area contributed by atoms with Crippen LogP contribution in [0.25, 0.3) is 50.5 Å². The largest absolute Gasteiger partial charge is 0.507 e. The number of rotatable bonds is 6. The molecule has 6 rings (SSSR count). The van der Waals surface area contributed by atoms with E-state index in [0.717, 1.165) is 44.9 Å². The van der Waals surface area contributed by atoms with Crippen molar-refractivity contribution in [1.29, 1.82) is 0 Å². The van der Waals surface area contributed by atoms with Crippen LogP contribution in [0.15, 0.2) is 97.2 Å². The lowest BCUT2D eigenvalue weighted by molar-refractivity contribution is 0.477. The Labute approximate surface area is 286 Å². The summed E-state index contributed by atoms with van der Waals surface area (Å²) in [6.07, 6.45) is 1.86. The van der Waals surface area contributed by atoms with Crippen LogP contribution in [0.2, 0.25) is 0 Å². The van der Waals surface area contributed by atoms with Crippen molar-refractivity contribution in [2.75, 3.05) is 0 Å². The van der Waals surface area contributed by atoms with Gasteiger partial charge in [0, 0.05) is 17.3 Å². The van der Waals surface area contributed by atoms with Crippen LogP contribution in [0.3, 0.4) is 0 Å². The quantitative estimate of drug-likeness (QED) is 0.198. The highest BCUT2D eigenvalue weighted by molar-refractivity contribution is 5.98. The van der Waals surface area contributed by atoms with Crippen molar-refractivity contribution in [2.24, 2.45) is 0 Å². The summed E-state index contributed by atoms with van der Waals surface area (Å²) in [5, 5.41) is 11.3. The van der Waals surface area contributed by atoms with Gasteiger partial charge < -0.3 is 5.11 Å². The fraction of sp³-hybridized carbons (Fsp3) is 0.318. The third kappa shape index (κ3) is 6.17. The van der Waals surface area contributed by atoms with E-state index in [2.05, 4.69) is 128 Å². The number of hydrogen-bond acceptors (Lipinski definition) is 3. The molecule has 6 aromatic rings. The van der Waals surface area contributed by atoms with E-state index in [-0.39, 0.29) is 28.4 Å². The third-order valence-electron chi connectivity index (χ3n) is 9.41. The summed E-state index contributed by atoms with van der Waals surface area (Å²) in [7, 11) is 0. The number of para-hydroxylation sites is 2. The Balaban J connectivity index is 1.82. The second kappa shape index (κ2) is 12.4. The fourth-order valence-corrected chi connectivity index (χ4v) is 6.57. The molecule has 0 aliphatic rings. The molecule has 0 saturated carbocycles. The van der Waals surface area contributed by atoms with E-state index in [1.54, 1.807) is 6.07 Å². The number of aromatic nitrogens is 3.